The van der Waals surface area contributed by atoms with Gasteiger partial charge < -0.3 is 4.90 Å². The largest absolute Gasteiger partial charge is 0.367 e. The molecule has 2 heterocycles. The van der Waals surface area contributed by atoms with Crippen LogP contribution in [0.4, 0.5) is 5.69 Å². The van der Waals surface area contributed by atoms with Gasteiger partial charge in [-0.15, -0.1) is 11.3 Å². The monoisotopic (exact) mass is 273 g/mol. The predicted octanol–water partition coefficient (Wildman–Crippen LogP) is 3.74. The Labute approximate surface area is 117 Å². The Morgan fingerprint density at radius 3 is 2.58 bits per heavy atom. The summed E-state index contributed by atoms with van der Waals surface area (Å²) in [4.78, 5) is 14.9. The van der Waals surface area contributed by atoms with Gasteiger partial charge in [0.05, 0.1) is 5.69 Å². The molecule has 1 aromatic heterocycles. The smallest absolute Gasteiger partial charge is 0.211 e. The summed E-state index contributed by atoms with van der Waals surface area (Å²) in [6, 6.07) is 7.89. The average molecular weight is 273 g/mol. The highest BCUT2D eigenvalue weighted by Gasteiger charge is 2.23. The highest BCUT2D eigenvalue weighted by atomic mass is 32.1. The maximum absolute atomic E-state index is 12.6. The molecule has 0 aliphatic carbocycles. The lowest BCUT2D eigenvalue weighted by molar-refractivity contribution is 0.356. The number of piperidine rings is 1. The van der Waals surface area contributed by atoms with E-state index in [-0.39, 0.29) is 5.43 Å². The molecule has 100 valence electrons. The molecule has 2 aromatic rings. The van der Waals surface area contributed by atoms with E-state index in [0.717, 1.165) is 28.9 Å². The molecule has 0 spiro atoms. The SMILES string of the molecule is C[C@@H]1C[C@@H](C)CN(c2csc3ccccc3c2=O)C1. The van der Waals surface area contributed by atoms with Crippen LogP contribution in [0.25, 0.3) is 10.1 Å². The van der Waals surface area contributed by atoms with Gasteiger partial charge in [-0.05, 0) is 30.4 Å². The summed E-state index contributed by atoms with van der Waals surface area (Å²) in [6.07, 6.45) is 1.27. The van der Waals surface area contributed by atoms with Crippen LogP contribution in [0.15, 0.2) is 34.4 Å². The average Bonchev–Trinajstić information content (AvgIpc) is 2.38. The van der Waals surface area contributed by atoms with Gasteiger partial charge in [0.2, 0.25) is 5.43 Å². The number of benzene rings is 1. The molecule has 0 amide bonds. The molecule has 2 atom stereocenters. The number of fused-ring (bicyclic) bond motifs is 1. The van der Waals surface area contributed by atoms with Crippen LogP contribution in [0.3, 0.4) is 0 Å². The Kier molecular flexibility index (Phi) is 3.31. The van der Waals surface area contributed by atoms with Crippen molar-refractivity contribution in [2.75, 3.05) is 18.0 Å². The van der Waals surface area contributed by atoms with E-state index in [1.54, 1.807) is 11.3 Å². The fourth-order valence-corrected chi connectivity index (χ4v) is 4.09. The second-order valence-corrected chi connectivity index (χ2v) is 6.71. The second-order valence-electron chi connectivity index (χ2n) is 5.80. The second kappa shape index (κ2) is 4.97. The van der Waals surface area contributed by atoms with Gasteiger partial charge in [-0.25, -0.2) is 0 Å². The molecule has 3 rings (SSSR count). The summed E-state index contributed by atoms with van der Waals surface area (Å²) >= 11 is 1.67. The van der Waals surface area contributed by atoms with E-state index >= 15 is 0 Å². The standard InChI is InChI=1S/C16H19NOS/c1-11-7-12(2)9-17(8-11)14-10-19-15-6-4-3-5-13(15)16(14)18/h3-6,10-12H,7-9H2,1-2H3/t11-,12-/m1/s1. The van der Waals surface area contributed by atoms with Crippen molar-refractivity contribution >= 4 is 27.1 Å². The van der Waals surface area contributed by atoms with Crippen molar-refractivity contribution in [1.82, 2.24) is 0 Å². The molecule has 1 saturated heterocycles. The highest BCUT2D eigenvalue weighted by molar-refractivity contribution is 7.16. The summed E-state index contributed by atoms with van der Waals surface area (Å²) in [6.45, 7) is 6.56. The van der Waals surface area contributed by atoms with Crippen molar-refractivity contribution in [2.24, 2.45) is 11.8 Å². The number of nitrogens with zero attached hydrogens (tertiary/aromatic N) is 1. The zero-order chi connectivity index (χ0) is 13.4. The molecular formula is C16H19NOS. The molecule has 19 heavy (non-hydrogen) atoms. The van der Waals surface area contributed by atoms with E-state index in [1.165, 1.54) is 6.42 Å². The number of hydrogen-bond donors (Lipinski definition) is 0. The molecule has 1 aliphatic heterocycles. The molecule has 0 unspecified atom stereocenters. The third-order valence-corrected chi connectivity index (χ3v) is 4.82. The van der Waals surface area contributed by atoms with Gasteiger partial charge in [0.15, 0.2) is 0 Å². The van der Waals surface area contributed by atoms with Gasteiger partial charge in [-0.3, -0.25) is 4.79 Å². The van der Waals surface area contributed by atoms with E-state index in [0.29, 0.717) is 11.8 Å². The molecular weight excluding hydrogens is 254 g/mol. The molecule has 0 radical (unpaired) electrons. The first-order valence-electron chi connectivity index (χ1n) is 6.90. The quantitative estimate of drug-likeness (QED) is 0.789. The van der Waals surface area contributed by atoms with Crippen LogP contribution in [-0.2, 0) is 0 Å². The molecule has 1 aliphatic rings. The molecule has 0 saturated carbocycles. The van der Waals surface area contributed by atoms with Crippen molar-refractivity contribution in [3.05, 3.63) is 39.9 Å². The van der Waals surface area contributed by atoms with E-state index < -0.39 is 0 Å². The van der Waals surface area contributed by atoms with Crippen LogP contribution in [0.1, 0.15) is 20.3 Å². The summed E-state index contributed by atoms with van der Waals surface area (Å²) in [5.41, 5.74) is 1.08. The van der Waals surface area contributed by atoms with Crippen molar-refractivity contribution in [3.8, 4) is 0 Å². The first-order chi connectivity index (χ1) is 9.15. The number of anilines is 1. The molecule has 1 aromatic carbocycles. The predicted molar refractivity (Wildman–Crippen MR) is 83.3 cm³/mol. The molecule has 3 heteroatoms. The first-order valence-corrected chi connectivity index (χ1v) is 7.78. The first kappa shape index (κ1) is 12.7. The third-order valence-electron chi connectivity index (χ3n) is 3.87. The van der Waals surface area contributed by atoms with Crippen LogP contribution in [0.5, 0.6) is 0 Å². The van der Waals surface area contributed by atoms with Gasteiger partial charge in [0.1, 0.15) is 0 Å². The summed E-state index contributed by atoms with van der Waals surface area (Å²) in [7, 11) is 0. The highest BCUT2D eigenvalue weighted by Crippen LogP contribution is 2.27. The van der Waals surface area contributed by atoms with Crippen molar-refractivity contribution in [1.29, 1.82) is 0 Å². The van der Waals surface area contributed by atoms with E-state index in [9.17, 15) is 4.79 Å². The minimum atomic E-state index is 0.190. The Bertz CT molecular complexity index is 638. The van der Waals surface area contributed by atoms with Crippen molar-refractivity contribution < 1.29 is 0 Å². The fourth-order valence-electron chi connectivity index (χ4n) is 3.15. The molecule has 0 N–H and O–H groups in total. The Hall–Kier alpha value is -1.35. The van der Waals surface area contributed by atoms with Gasteiger partial charge >= 0.3 is 0 Å². The third kappa shape index (κ3) is 2.39. The summed E-state index contributed by atoms with van der Waals surface area (Å²) < 4.78 is 1.08. The van der Waals surface area contributed by atoms with Crippen molar-refractivity contribution in [3.63, 3.8) is 0 Å². The number of rotatable bonds is 1. The van der Waals surface area contributed by atoms with E-state index in [2.05, 4.69) is 18.7 Å². The van der Waals surface area contributed by atoms with Crippen LogP contribution in [0.2, 0.25) is 0 Å². The van der Waals surface area contributed by atoms with Gasteiger partial charge in [0.25, 0.3) is 0 Å². The lowest BCUT2D eigenvalue weighted by atomic mass is 9.91. The summed E-state index contributed by atoms with van der Waals surface area (Å²) in [5.74, 6) is 1.33. The van der Waals surface area contributed by atoms with Gasteiger partial charge in [-0.1, -0.05) is 26.0 Å². The zero-order valence-corrected chi connectivity index (χ0v) is 12.2. The van der Waals surface area contributed by atoms with E-state index in [4.69, 9.17) is 0 Å². The van der Waals surface area contributed by atoms with Crippen LogP contribution >= 0.6 is 11.3 Å². The van der Waals surface area contributed by atoms with Crippen LogP contribution < -0.4 is 10.3 Å². The Morgan fingerprint density at radius 1 is 1.16 bits per heavy atom. The zero-order valence-electron chi connectivity index (χ0n) is 11.4. The Balaban J connectivity index is 2.05. The van der Waals surface area contributed by atoms with Gasteiger partial charge in [0, 0.05) is 28.6 Å². The van der Waals surface area contributed by atoms with Crippen molar-refractivity contribution in [2.45, 2.75) is 20.3 Å². The molecule has 0 bridgehead atoms. The normalized spacial score (nSPS) is 23.8. The fraction of sp³-hybridized carbons (Fsp3) is 0.438. The molecule has 1 fully saturated rings. The van der Waals surface area contributed by atoms with Gasteiger partial charge in [-0.2, -0.15) is 0 Å². The van der Waals surface area contributed by atoms with Crippen LogP contribution in [-0.4, -0.2) is 13.1 Å². The lowest BCUT2D eigenvalue weighted by Crippen LogP contribution is -2.40. The minimum absolute atomic E-state index is 0.190. The van der Waals surface area contributed by atoms with Crippen LogP contribution in [0, 0.1) is 11.8 Å². The Morgan fingerprint density at radius 2 is 1.84 bits per heavy atom. The van der Waals surface area contributed by atoms with E-state index in [1.807, 2.05) is 29.6 Å². The maximum Gasteiger partial charge on any atom is 0.211 e. The minimum Gasteiger partial charge on any atom is -0.367 e. The molecule has 2 nitrogen and oxygen atoms in total. The number of hydrogen-bond acceptors (Lipinski definition) is 3. The summed E-state index contributed by atoms with van der Waals surface area (Å²) in [5, 5.41) is 2.89. The topological polar surface area (TPSA) is 20.3 Å². The maximum atomic E-state index is 12.6. The lowest BCUT2D eigenvalue weighted by Gasteiger charge is -2.36.